The van der Waals surface area contributed by atoms with Crippen molar-refractivity contribution in [3.63, 3.8) is 0 Å². The Morgan fingerprint density at radius 3 is 2.03 bits per heavy atom. The lowest BCUT2D eigenvalue weighted by Gasteiger charge is -2.30. The van der Waals surface area contributed by atoms with Gasteiger partial charge in [0.05, 0.1) is 17.7 Å². The van der Waals surface area contributed by atoms with Crippen molar-refractivity contribution in [2.45, 2.75) is 63.4 Å². The molecule has 1 fully saturated rings. The number of rotatable bonds is 5. The number of halogens is 7. The minimum Gasteiger partial charge on any atom is -0.392 e. The summed E-state index contributed by atoms with van der Waals surface area (Å²) in [7, 11) is 0. The SMILES string of the molecule is O=C1C=C(NC[C@H]2CCC[C@@H](c3ccc(F)cc3)C2)CC1.OCc1cc(C(F)(F)F)cc(C(F)(F)F)c1. The van der Waals surface area contributed by atoms with E-state index in [-0.39, 0.29) is 17.7 Å². The van der Waals surface area contributed by atoms with Crippen molar-refractivity contribution in [3.05, 3.63) is 82.3 Å². The normalized spacial score (nSPS) is 20.2. The third-order valence-corrected chi connectivity index (χ3v) is 6.55. The molecule has 2 aliphatic rings. The number of ketones is 1. The highest BCUT2D eigenvalue weighted by molar-refractivity contribution is 5.92. The Labute approximate surface area is 210 Å². The van der Waals surface area contributed by atoms with Crippen LogP contribution in [0.25, 0.3) is 0 Å². The molecular weight excluding hydrogens is 503 g/mol. The van der Waals surface area contributed by atoms with Crippen molar-refractivity contribution in [1.82, 2.24) is 5.32 Å². The van der Waals surface area contributed by atoms with Gasteiger partial charge in [-0.25, -0.2) is 4.39 Å². The third-order valence-electron chi connectivity index (χ3n) is 6.55. The van der Waals surface area contributed by atoms with Crippen LogP contribution in [0.5, 0.6) is 0 Å². The van der Waals surface area contributed by atoms with Crippen LogP contribution in [0.4, 0.5) is 30.7 Å². The van der Waals surface area contributed by atoms with Crippen LogP contribution in [0.3, 0.4) is 0 Å². The highest BCUT2D eigenvalue weighted by Crippen LogP contribution is 2.37. The van der Waals surface area contributed by atoms with E-state index in [1.807, 2.05) is 12.1 Å². The van der Waals surface area contributed by atoms with E-state index in [2.05, 4.69) is 5.32 Å². The van der Waals surface area contributed by atoms with Crippen LogP contribution in [0.15, 0.2) is 54.2 Å². The average Bonchev–Trinajstić information content (AvgIpc) is 3.27. The van der Waals surface area contributed by atoms with Crippen molar-refractivity contribution < 1.29 is 40.6 Å². The monoisotopic (exact) mass is 531 g/mol. The molecule has 2 N–H and O–H groups in total. The highest BCUT2D eigenvalue weighted by atomic mass is 19.4. The van der Waals surface area contributed by atoms with Crippen LogP contribution < -0.4 is 5.32 Å². The molecule has 202 valence electrons. The standard InChI is InChI=1S/C18H22FNO.C9H6F6O/c19-16-6-4-14(5-7-16)15-3-1-2-13(10-15)12-20-17-8-9-18(21)11-17;10-8(11,12)6-1-5(4-16)2-7(3-6)9(13,14)15/h4-7,11,13,15,20H,1-3,8-10,12H2;1-3,16H,4H2/t13-,15+;/m0./s1. The number of benzene rings is 2. The molecule has 3 nitrogen and oxygen atoms in total. The van der Waals surface area contributed by atoms with E-state index in [9.17, 15) is 35.5 Å². The van der Waals surface area contributed by atoms with Crippen LogP contribution in [-0.4, -0.2) is 17.4 Å². The van der Waals surface area contributed by atoms with E-state index in [1.165, 1.54) is 24.8 Å². The predicted molar refractivity (Wildman–Crippen MR) is 124 cm³/mol. The molecule has 0 saturated heterocycles. The molecule has 2 aromatic rings. The summed E-state index contributed by atoms with van der Waals surface area (Å²) in [5, 5.41) is 12.0. The third kappa shape index (κ3) is 8.59. The van der Waals surface area contributed by atoms with Gasteiger partial charge in [-0.05, 0) is 79.0 Å². The molecule has 37 heavy (non-hydrogen) atoms. The van der Waals surface area contributed by atoms with Crippen molar-refractivity contribution >= 4 is 5.78 Å². The molecule has 0 unspecified atom stereocenters. The van der Waals surface area contributed by atoms with Crippen molar-refractivity contribution in [1.29, 1.82) is 0 Å². The van der Waals surface area contributed by atoms with Crippen molar-refractivity contribution in [2.75, 3.05) is 6.54 Å². The van der Waals surface area contributed by atoms with E-state index in [0.717, 1.165) is 25.1 Å². The number of aliphatic hydroxyl groups is 1. The zero-order valence-electron chi connectivity index (χ0n) is 19.9. The van der Waals surface area contributed by atoms with Gasteiger partial charge in [0, 0.05) is 24.7 Å². The second kappa shape index (κ2) is 12.1. The fourth-order valence-electron chi connectivity index (χ4n) is 4.64. The largest absolute Gasteiger partial charge is 0.416 e. The maximum absolute atomic E-state index is 13.0. The molecule has 0 aliphatic heterocycles. The number of hydrogen-bond donors (Lipinski definition) is 2. The van der Waals surface area contributed by atoms with Gasteiger partial charge in [-0.1, -0.05) is 18.6 Å². The average molecular weight is 532 g/mol. The van der Waals surface area contributed by atoms with E-state index >= 15 is 0 Å². The van der Waals surface area contributed by atoms with Crippen molar-refractivity contribution in [2.24, 2.45) is 5.92 Å². The molecule has 2 aromatic carbocycles. The summed E-state index contributed by atoms with van der Waals surface area (Å²) in [5.41, 5.74) is -0.917. The lowest BCUT2D eigenvalue weighted by Crippen LogP contribution is -2.26. The minimum atomic E-state index is -4.87. The maximum Gasteiger partial charge on any atom is 0.416 e. The number of carbonyl (C=O) groups excluding carboxylic acids is 1. The predicted octanol–water partition coefficient (Wildman–Crippen LogP) is 7.15. The number of hydrogen-bond acceptors (Lipinski definition) is 3. The minimum absolute atomic E-state index is 0.0131. The van der Waals surface area contributed by atoms with Gasteiger partial charge < -0.3 is 10.4 Å². The first-order chi connectivity index (χ1) is 17.3. The van der Waals surface area contributed by atoms with Gasteiger partial charge in [-0.3, -0.25) is 4.79 Å². The zero-order valence-corrected chi connectivity index (χ0v) is 19.9. The quantitative estimate of drug-likeness (QED) is 0.403. The molecule has 2 atom stereocenters. The van der Waals surface area contributed by atoms with Crippen LogP contribution >= 0.6 is 0 Å². The Balaban J connectivity index is 0.000000214. The number of nitrogens with one attached hydrogen (secondary N) is 1. The molecule has 0 bridgehead atoms. The molecule has 1 saturated carbocycles. The molecule has 0 spiro atoms. The summed E-state index contributed by atoms with van der Waals surface area (Å²) in [4.78, 5) is 11.2. The van der Waals surface area contributed by atoms with Crippen LogP contribution in [0.2, 0.25) is 0 Å². The van der Waals surface area contributed by atoms with E-state index in [1.54, 1.807) is 18.2 Å². The van der Waals surface area contributed by atoms with Gasteiger partial charge in [-0.15, -0.1) is 0 Å². The second-order valence-corrected chi connectivity index (χ2v) is 9.37. The summed E-state index contributed by atoms with van der Waals surface area (Å²) >= 11 is 0. The molecule has 10 heteroatoms. The highest BCUT2D eigenvalue weighted by Gasteiger charge is 2.36. The molecule has 0 aromatic heterocycles. The fourth-order valence-corrected chi connectivity index (χ4v) is 4.64. The Morgan fingerprint density at radius 2 is 1.51 bits per heavy atom. The lowest BCUT2D eigenvalue weighted by atomic mass is 9.78. The van der Waals surface area contributed by atoms with Gasteiger partial charge in [0.25, 0.3) is 0 Å². The Bertz CT molecular complexity index is 1060. The smallest absolute Gasteiger partial charge is 0.392 e. The maximum atomic E-state index is 13.0. The van der Waals surface area contributed by atoms with Gasteiger partial charge in [0.15, 0.2) is 5.78 Å². The number of alkyl halides is 6. The van der Waals surface area contributed by atoms with E-state index in [4.69, 9.17) is 5.11 Å². The Morgan fingerprint density at radius 1 is 0.892 bits per heavy atom. The van der Waals surface area contributed by atoms with E-state index < -0.39 is 35.6 Å². The van der Waals surface area contributed by atoms with Crippen LogP contribution in [-0.2, 0) is 23.8 Å². The van der Waals surface area contributed by atoms with Crippen LogP contribution in [0, 0.1) is 11.7 Å². The fraction of sp³-hybridized carbons (Fsp3) is 0.444. The van der Waals surface area contributed by atoms with Crippen LogP contribution in [0.1, 0.15) is 66.7 Å². The number of allylic oxidation sites excluding steroid dienone is 2. The van der Waals surface area contributed by atoms with Gasteiger partial charge in [0.2, 0.25) is 0 Å². The second-order valence-electron chi connectivity index (χ2n) is 9.37. The molecule has 2 aliphatic carbocycles. The zero-order chi connectivity index (χ0) is 27.2. The first-order valence-electron chi connectivity index (χ1n) is 12.0. The molecular formula is C27H28F7NO2. The number of aliphatic hydroxyl groups excluding tert-OH is 1. The summed E-state index contributed by atoms with van der Waals surface area (Å²) in [6.07, 6.45) is -1.64. The summed E-state index contributed by atoms with van der Waals surface area (Å²) in [6, 6.07) is 7.95. The topological polar surface area (TPSA) is 49.3 Å². The Kier molecular flexibility index (Phi) is 9.39. The molecule has 0 radical (unpaired) electrons. The van der Waals surface area contributed by atoms with Gasteiger partial charge >= 0.3 is 12.4 Å². The van der Waals surface area contributed by atoms with Gasteiger partial charge in [0.1, 0.15) is 5.82 Å². The molecule has 0 amide bonds. The summed E-state index contributed by atoms with van der Waals surface area (Å²) in [5.74, 6) is 1.27. The summed E-state index contributed by atoms with van der Waals surface area (Å²) in [6.45, 7) is 0.0732. The summed E-state index contributed by atoms with van der Waals surface area (Å²) < 4.78 is 86.4. The van der Waals surface area contributed by atoms with Crippen molar-refractivity contribution in [3.8, 4) is 0 Å². The number of carbonyl (C=O) groups is 1. The lowest BCUT2D eigenvalue weighted by molar-refractivity contribution is -0.143. The first kappa shape index (κ1) is 28.7. The van der Waals surface area contributed by atoms with E-state index in [0.29, 0.717) is 30.4 Å². The first-order valence-corrected chi connectivity index (χ1v) is 12.0. The molecule has 0 heterocycles. The van der Waals surface area contributed by atoms with Gasteiger partial charge in [-0.2, -0.15) is 26.3 Å². The Hall–Kier alpha value is -2.88. The molecule has 4 rings (SSSR count).